The Labute approximate surface area is 148 Å². The molecule has 24 heavy (non-hydrogen) atoms. The van der Waals surface area contributed by atoms with Crippen LogP contribution < -0.4 is 0 Å². The molecule has 4 heteroatoms. The monoisotopic (exact) mass is 342 g/mol. The SMILES string of the molecule is CC(C)C(CC(=O)OCC(C)(C)C)(C(=O)OCC(C)(C)C)C(C)C. The first-order valence-electron chi connectivity index (χ1n) is 8.94. The average Bonchev–Trinajstić information content (AvgIpc) is 2.37. The average molecular weight is 343 g/mol. The standard InChI is InChI=1S/C20H38O4/c1-14(2)20(15(3)4,17(22)24-13-19(8,9)10)11-16(21)23-12-18(5,6)7/h14-15H,11-13H2,1-10H3. The van der Waals surface area contributed by atoms with E-state index in [0.29, 0.717) is 13.2 Å². The van der Waals surface area contributed by atoms with E-state index < -0.39 is 5.41 Å². The van der Waals surface area contributed by atoms with Crippen LogP contribution in [0.5, 0.6) is 0 Å². The zero-order valence-corrected chi connectivity index (χ0v) is 17.4. The molecule has 0 fully saturated rings. The van der Waals surface area contributed by atoms with Crippen LogP contribution in [0, 0.1) is 28.1 Å². The molecule has 0 radical (unpaired) electrons. The molecule has 0 unspecified atom stereocenters. The highest BCUT2D eigenvalue weighted by atomic mass is 16.5. The van der Waals surface area contributed by atoms with Crippen LogP contribution in [0.3, 0.4) is 0 Å². The van der Waals surface area contributed by atoms with Gasteiger partial charge in [-0.15, -0.1) is 0 Å². The third-order valence-corrected chi connectivity index (χ3v) is 4.18. The molecule has 0 aromatic heterocycles. The van der Waals surface area contributed by atoms with Gasteiger partial charge in [0, 0.05) is 0 Å². The second-order valence-electron chi connectivity index (χ2n) is 9.88. The minimum Gasteiger partial charge on any atom is -0.465 e. The lowest BCUT2D eigenvalue weighted by molar-refractivity contribution is -0.173. The molecule has 0 saturated carbocycles. The zero-order valence-electron chi connectivity index (χ0n) is 17.4. The van der Waals surface area contributed by atoms with E-state index in [1.54, 1.807) is 0 Å². The molecule has 0 saturated heterocycles. The molecule has 0 aliphatic carbocycles. The van der Waals surface area contributed by atoms with Crippen LogP contribution in [-0.2, 0) is 19.1 Å². The fraction of sp³-hybridized carbons (Fsp3) is 0.900. The van der Waals surface area contributed by atoms with Crippen molar-refractivity contribution in [3.63, 3.8) is 0 Å². The quantitative estimate of drug-likeness (QED) is 0.620. The molecule has 0 heterocycles. The van der Waals surface area contributed by atoms with Crippen molar-refractivity contribution in [2.24, 2.45) is 28.1 Å². The lowest BCUT2D eigenvalue weighted by Gasteiger charge is -2.38. The molecule has 142 valence electrons. The first kappa shape index (κ1) is 22.9. The second-order valence-corrected chi connectivity index (χ2v) is 9.88. The Balaban J connectivity index is 5.28. The van der Waals surface area contributed by atoms with Gasteiger partial charge in [0.05, 0.1) is 25.0 Å². The summed E-state index contributed by atoms with van der Waals surface area (Å²) >= 11 is 0. The van der Waals surface area contributed by atoms with Crippen LogP contribution in [0.2, 0.25) is 0 Å². The number of rotatable bonds is 7. The lowest BCUT2D eigenvalue weighted by atomic mass is 9.66. The summed E-state index contributed by atoms with van der Waals surface area (Å²) in [5.74, 6) is -0.672. The van der Waals surface area contributed by atoms with E-state index in [1.165, 1.54) is 0 Å². The Morgan fingerprint density at radius 3 is 1.46 bits per heavy atom. The van der Waals surface area contributed by atoms with Gasteiger partial charge in [-0.05, 0) is 22.7 Å². The van der Waals surface area contributed by atoms with Crippen molar-refractivity contribution in [3.05, 3.63) is 0 Å². The third kappa shape index (κ3) is 7.23. The highest BCUT2D eigenvalue weighted by Crippen LogP contribution is 2.41. The summed E-state index contributed by atoms with van der Waals surface area (Å²) in [5, 5.41) is 0. The Bertz CT molecular complexity index is 414. The summed E-state index contributed by atoms with van der Waals surface area (Å²) < 4.78 is 11.0. The molecule has 0 aliphatic rings. The van der Waals surface area contributed by atoms with Crippen LogP contribution in [0.15, 0.2) is 0 Å². The van der Waals surface area contributed by atoms with Crippen molar-refractivity contribution < 1.29 is 19.1 Å². The van der Waals surface area contributed by atoms with Crippen molar-refractivity contribution in [1.82, 2.24) is 0 Å². The zero-order chi connectivity index (χ0) is 19.3. The smallest absolute Gasteiger partial charge is 0.313 e. The number of esters is 2. The second kappa shape index (κ2) is 8.35. The van der Waals surface area contributed by atoms with E-state index in [4.69, 9.17) is 9.47 Å². The summed E-state index contributed by atoms with van der Waals surface area (Å²) in [6.07, 6.45) is 0.0569. The van der Waals surface area contributed by atoms with Crippen molar-refractivity contribution in [2.45, 2.75) is 75.7 Å². The first-order valence-corrected chi connectivity index (χ1v) is 8.94. The van der Waals surface area contributed by atoms with Crippen LogP contribution in [0.25, 0.3) is 0 Å². The molecular formula is C20H38O4. The summed E-state index contributed by atoms with van der Waals surface area (Å²) in [5.41, 5.74) is -1.07. The topological polar surface area (TPSA) is 52.6 Å². The fourth-order valence-corrected chi connectivity index (χ4v) is 2.62. The van der Waals surface area contributed by atoms with Crippen molar-refractivity contribution in [3.8, 4) is 0 Å². The molecule has 0 amide bonds. The normalized spacial score (nSPS) is 13.3. The summed E-state index contributed by atoms with van der Waals surface area (Å²) in [6, 6.07) is 0. The third-order valence-electron chi connectivity index (χ3n) is 4.18. The Morgan fingerprint density at radius 2 is 1.12 bits per heavy atom. The van der Waals surface area contributed by atoms with Gasteiger partial charge in [-0.2, -0.15) is 0 Å². The molecule has 0 aromatic rings. The highest BCUT2D eigenvalue weighted by Gasteiger charge is 2.48. The number of hydrogen-bond acceptors (Lipinski definition) is 4. The summed E-state index contributed by atoms with van der Waals surface area (Å²) in [7, 11) is 0. The summed E-state index contributed by atoms with van der Waals surface area (Å²) in [4.78, 5) is 25.3. The van der Waals surface area contributed by atoms with Gasteiger partial charge in [0.15, 0.2) is 0 Å². The highest BCUT2D eigenvalue weighted by molar-refractivity contribution is 5.84. The van der Waals surface area contributed by atoms with Crippen LogP contribution in [0.1, 0.15) is 75.7 Å². The first-order chi connectivity index (χ1) is 10.6. The number of carbonyl (C=O) groups excluding carboxylic acids is 2. The van der Waals surface area contributed by atoms with Gasteiger partial charge in [0.25, 0.3) is 0 Å². The molecule has 0 N–H and O–H groups in total. The minimum absolute atomic E-state index is 0.0212. The van der Waals surface area contributed by atoms with Crippen LogP contribution in [0.4, 0.5) is 0 Å². The molecule has 0 spiro atoms. The van der Waals surface area contributed by atoms with E-state index in [1.807, 2.05) is 69.2 Å². The number of hydrogen-bond donors (Lipinski definition) is 0. The van der Waals surface area contributed by atoms with Gasteiger partial charge in [0.1, 0.15) is 0 Å². The van der Waals surface area contributed by atoms with Crippen molar-refractivity contribution >= 4 is 11.9 Å². The molecule has 0 rings (SSSR count). The molecule has 0 bridgehead atoms. The van der Waals surface area contributed by atoms with Gasteiger partial charge >= 0.3 is 11.9 Å². The van der Waals surface area contributed by atoms with Gasteiger partial charge in [0.2, 0.25) is 0 Å². The molecule has 0 aromatic carbocycles. The predicted octanol–water partition coefficient (Wildman–Crippen LogP) is 4.85. The fourth-order valence-electron chi connectivity index (χ4n) is 2.62. The maximum atomic E-state index is 12.9. The van der Waals surface area contributed by atoms with Gasteiger partial charge in [-0.1, -0.05) is 69.2 Å². The van der Waals surface area contributed by atoms with Crippen molar-refractivity contribution in [2.75, 3.05) is 13.2 Å². The maximum Gasteiger partial charge on any atom is 0.313 e. The van der Waals surface area contributed by atoms with E-state index in [0.717, 1.165) is 0 Å². The van der Waals surface area contributed by atoms with E-state index in [9.17, 15) is 9.59 Å². The van der Waals surface area contributed by atoms with Gasteiger partial charge in [-0.3, -0.25) is 9.59 Å². The lowest BCUT2D eigenvalue weighted by Crippen LogP contribution is -2.45. The molecule has 0 aliphatic heterocycles. The number of carbonyl (C=O) groups is 2. The predicted molar refractivity (Wildman–Crippen MR) is 97.6 cm³/mol. The van der Waals surface area contributed by atoms with Gasteiger partial charge in [-0.25, -0.2) is 0 Å². The molecule has 0 atom stereocenters. The van der Waals surface area contributed by atoms with Crippen LogP contribution in [-0.4, -0.2) is 25.2 Å². The summed E-state index contributed by atoms with van der Waals surface area (Å²) in [6.45, 7) is 20.6. The number of ether oxygens (including phenoxy) is 2. The molecular weight excluding hydrogens is 304 g/mol. The van der Waals surface area contributed by atoms with E-state index >= 15 is 0 Å². The van der Waals surface area contributed by atoms with Gasteiger partial charge < -0.3 is 9.47 Å². The van der Waals surface area contributed by atoms with E-state index in [-0.39, 0.29) is 41.0 Å². The molecule has 4 nitrogen and oxygen atoms in total. The largest absolute Gasteiger partial charge is 0.465 e. The van der Waals surface area contributed by atoms with Crippen LogP contribution >= 0.6 is 0 Å². The Morgan fingerprint density at radius 1 is 0.750 bits per heavy atom. The maximum absolute atomic E-state index is 12.9. The van der Waals surface area contributed by atoms with E-state index in [2.05, 4.69) is 0 Å². The Hall–Kier alpha value is -1.06. The minimum atomic E-state index is -0.861. The van der Waals surface area contributed by atoms with Crippen molar-refractivity contribution in [1.29, 1.82) is 0 Å². The Kier molecular flexibility index (Phi) is 7.98.